The van der Waals surface area contributed by atoms with Gasteiger partial charge in [-0.15, -0.1) is 10.2 Å². The molecule has 1 aliphatic heterocycles. The first-order valence-electron chi connectivity index (χ1n) is 10.4. The van der Waals surface area contributed by atoms with Gasteiger partial charge in [0.2, 0.25) is 0 Å². The Morgan fingerprint density at radius 1 is 1.06 bits per heavy atom. The fourth-order valence-corrected chi connectivity index (χ4v) is 4.08. The van der Waals surface area contributed by atoms with E-state index in [1.165, 1.54) is 0 Å². The molecule has 1 aliphatic rings. The molecule has 0 aliphatic carbocycles. The van der Waals surface area contributed by atoms with Crippen LogP contribution in [0.1, 0.15) is 22.8 Å². The molecule has 33 heavy (non-hydrogen) atoms. The highest BCUT2D eigenvalue weighted by molar-refractivity contribution is 5.71. The molecule has 9 nitrogen and oxygen atoms in total. The Morgan fingerprint density at radius 3 is 2.88 bits per heavy atom. The minimum absolute atomic E-state index is 0.354. The third-order valence-electron chi connectivity index (χ3n) is 5.69. The van der Waals surface area contributed by atoms with Crippen LogP contribution in [0.4, 0.5) is 0 Å². The molecule has 0 radical (unpaired) electrons. The van der Waals surface area contributed by atoms with Gasteiger partial charge >= 0.3 is 0 Å². The summed E-state index contributed by atoms with van der Waals surface area (Å²) in [5.74, 6) is 8.73. The third-order valence-corrected chi connectivity index (χ3v) is 5.69. The second-order valence-electron chi connectivity index (χ2n) is 7.61. The van der Waals surface area contributed by atoms with E-state index >= 15 is 0 Å². The first-order valence-corrected chi connectivity index (χ1v) is 10.4. The number of rotatable bonds is 3. The van der Waals surface area contributed by atoms with Crippen molar-refractivity contribution in [1.82, 2.24) is 33.7 Å². The summed E-state index contributed by atoms with van der Waals surface area (Å²) >= 11 is 0. The molecule has 0 saturated carbocycles. The summed E-state index contributed by atoms with van der Waals surface area (Å²) in [6, 6.07) is 9.80. The molecular formula is C24H19N7O2. The van der Waals surface area contributed by atoms with Crippen molar-refractivity contribution in [3.8, 4) is 34.7 Å². The Bertz CT molecular complexity index is 1560. The van der Waals surface area contributed by atoms with E-state index < -0.39 is 0 Å². The maximum atomic E-state index is 5.46. The standard InChI is InChI=1S/C24H19N7O2/c1-32-14-23-27-28-24-18-11-17(33-2)5-7-20(18)31-15-26-19(21(31)13-30(23)24)6-3-16-4-8-22-25-9-10-29(22)12-16/h4-5,7-12,15H,13-14H2,1-2H3. The van der Waals surface area contributed by atoms with Crippen molar-refractivity contribution in [2.24, 2.45) is 0 Å². The van der Waals surface area contributed by atoms with Gasteiger partial charge < -0.3 is 18.4 Å². The van der Waals surface area contributed by atoms with Crippen molar-refractivity contribution >= 4 is 5.65 Å². The zero-order chi connectivity index (χ0) is 22.4. The fourth-order valence-electron chi connectivity index (χ4n) is 4.08. The molecule has 6 rings (SSSR count). The maximum absolute atomic E-state index is 5.46. The number of nitrogens with zero attached hydrogens (tertiary/aromatic N) is 7. The normalized spacial score (nSPS) is 11.8. The number of imidazole rings is 2. The van der Waals surface area contributed by atoms with E-state index in [9.17, 15) is 0 Å². The highest BCUT2D eigenvalue weighted by Gasteiger charge is 2.26. The molecule has 0 spiro atoms. The molecule has 9 heteroatoms. The number of pyridine rings is 1. The molecule has 162 valence electrons. The van der Waals surface area contributed by atoms with Crippen molar-refractivity contribution in [3.63, 3.8) is 0 Å². The molecule has 0 N–H and O–H groups in total. The predicted octanol–water partition coefficient (Wildman–Crippen LogP) is 2.70. The van der Waals surface area contributed by atoms with E-state index in [2.05, 4.69) is 36.6 Å². The molecule has 0 unspecified atom stereocenters. The summed E-state index contributed by atoms with van der Waals surface area (Å²) in [7, 11) is 3.30. The van der Waals surface area contributed by atoms with Crippen molar-refractivity contribution < 1.29 is 9.47 Å². The van der Waals surface area contributed by atoms with Crippen LogP contribution in [0.2, 0.25) is 0 Å². The van der Waals surface area contributed by atoms with Crippen LogP contribution in [0.3, 0.4) is 0 Å². The number of aromatic nitrogens is 7. The second-order valence-corrected chi connectivity index (χ2v) is 7.61. The van der Waals surface area contributed by atoms with E-state index in [0.717, 1.165) is 45.6 Å². The fraction of sp³-hybridized carbons (Fsp3) is 0.167. The highest BCUT2D eigenvalue weighted by atomic mass is 16.5. The molecule has 0 atom stereocenters. The summed E-state index contributed by atoms with van der Waals surface area (Å²) in [5.41, 5.74) is 5.27. The lowest BCUT2D eigenvalue weighted by atomic mass is 10.1. The summed E-state index contributed by atoms with van der Waals surface area (Å²) in [5, 5.41) is 8.82. The Morgan fingerprint density at radius 2 is 2.00 bits per heavy atom. The first kappa shape index (κ1) is 19.3. The summed E-state index contributed by atoms with van der Waals surface area (Å²) < 4.78 is 16.9. The van der Waals surface area contributed by atoms with Gasteiger partial charge in [-0.25, -0.2) is 9.97 Å². The van der Waals surface area contributed by atoms with Gasteiger partial charge in [0.05, 0.1) is 25.0 Å². The van der Waals surface area contributed by atoms with E-state index in [-0.39, 0.29) is 0 Å². The quantitative estimate of drug-likeness (QED) is 0.396. The average Bonchev–Trinajstić information content (AvgIpc) is 3.55. The largest absolute Gasteiger partial charge is 0.497 e. The molecule has 1 aromatic carbocycles. The van der Waals surface area contributed by atoms with Gasteiger partial charge in [0.15, 0.2) is 11.6 Å². The number of hydrogen-bond donors (Lipinski definition) is 0. The minimum atomic E-state index is 0.354. The van der Waals surface area contributed by atoms with Crippen molar-refractivity contribution in [2.45, 2.75) is 13.2 Å². The molecule has 5 aromatic rings. The molecule has 0 amide bonds. The maximum Gasteiger partial charge on any atom is 0.166 e. The van der Waals surface area contributed by atoms with E-state index in [4.69, 9.17) is 9.47 Å². The van der Waals surface area contributed by atoms with Crippen molar-refractivity contribution in [3.05, 3.63) is 78.0 Å². The third kappa shape index (κ3) is 3.16. The number of methoxy groups -OCH3 is 2. The van der Waals surface area contributed by atoms with Crippen LogP contribution in [0.15, 0.2) is 55.2 Å². The van der Waals surface area contributed by atoms with Gasteiger partial charge in [-0.05, 0) is 36.3 Å². The van der Waals surface area contributed by atoms with Crippen LogP contribution in [-0.2, 0) is 17.9 Å². The van der Waals surface area contributed by atoms with E-state index in [0.29, 0.717) is 18.8 Å². The van der Waals surface area contributed by atoms with Gasteiger partial charge in [0, 0.05) is 36.8 Å². The lowest BCUT2D eigenvalue weighted by Gasteiger charge is -2.09. The zero-order valence-corrected chi connectivity index (χ0v) is 18.1. The van der Waals surface area contributed by atoms with Crippen LogP contribution in [-0.4, -0.2) is 47.9 Å². The van der Waals surface area contributed by atoms with Gasteiger partial charge in [0.25, 0.3) is 0 Å². The monoisotopic (exact) mass is 437 g/mol. The Kier molecular flexibility index (Phi) is 4.45. The molecule has 0 saturated heterocycles. The Labute approximate surface area is 189 Å². The van der Waals surface area contributed by atoms with Crippen molar-refractivity contribution in [2.75, 3.05) is 14.2 Å². The molecule has 4 aromatic heterocycles. The lowest BCUT2D eigenvalue weighted by Crippen LogP contribution is -2.09. The predicted molar refractivity (Wildman–Crippen MR) is 120 cm³/mol. The van der Waals surface area contributed by atoms with Crippen LogP contribution < -0.4 is 4.74 Å². The van der Waals surface area contributed by atoms with E-state index in [1.807, 2.05) is 51.7 Å². The highest BCUT2D eigenvalue weighted by Crippen LogP contribution is 2.34. The SMILES string of the molecule is COCc1nnc2n1Cc1c(C#Cc3ccc4nccn4c3)ncn1-c1ccc(OC)cc1-2. The summed E-state index contributed by atoms with van der Waals surface area (Å²) in [6.07, 6.45) is 7.43. The average molecular weight is 437 g/mol. The number of ether oxygens (including phenoxy) is 2. The lowest BCUT2D eigenvalue weighted by molar-refractivity contribution is 0.174. The second kappa shape index (κ2) is 7.62. The summed E-state index contributed by atoms with van der Waals surface area (Å²) in [6.45, 7) is 0.870. The van der Waals surface area contributed by atoms with Gasteiger partial charge in [0.1, 0.15) is 30.0 Å². The number of hydrogen-bond acceptors (Lipinski definition) is 6. The molecule has 0 bridgehead atoms. The van der Waals surface area contributed by atoms with Crippen LogP contribution in [0, 0.1) is 11.8 Å². The smallest absolute Gasteiger partial charge is 0.166 e. The van der Waals surface area contributed by atoms with Crippen LogP contribution in [0.5, 0.6) is 5.75 Å². The minimum Gasteiger partial charge on any atom is -0.497 e. The van der Waals surface area contributed by atoms with Crippen LogP contribution >= 0.6 is 0 Å². The van der Waals surface area contributed by atoms with E-state index in [1.54, 1.807) is 26.7 Å². The number of fused-ring (bicyclic) bond motifs is 6. The Balaban J connectivity index is 1.50. The number of benzene rings is 1. The van der Waals surface area contributed by atoms with Crippen molar-refractivity contribution in [1.29, 1.82) is 0 Å². The summed E-state index contributed by atoms with van der Waals surface area (Å²) in [4.78, 5) is 8.91. The Hall–Kier alpha value is -4.42. The molecule has 0 fully saturated rings. The topological polar surface area (TPSA) is 84.3 Å². The zero-order valence-electron chi connectivity index (χ0n) is 18.1. The van der Waals surface area contributed by atoms with Gasteiger partial charge in [-0.1, -0.05) is 5.92 Å². The molecular weight excluding hydrogens is 418 g/mol. The van der Waals surface area contributed by atoms with Crippen LogP contribution in [0.25, 0.3) is 22.7 Å². The van der Waals surface area contributed by atoms with Gasteiger partial charge in [-0.3, -0.25) is 4.57 Å². The first-order chi connectivity index (χ1) is 16.2. The van der Waals surface area contributed by atoms with Gasteiger partial charge in [-0.2, -0.15) is 0 Å². The molecule has 5 heterocycles.